The summed E-state index contributed by atoms with van der Waals surface area (Å²) in [6.07, 6.45) is 2.37. The molecule has 0 N–H and O–H groups in total. The van der Waals surface area contributed by atoms with Crippen LogP contribution in [0.5, 0.6) is 0 Å². The van der Waals surface area contributed by atoms with Crippen molar-refractivity contribution >= 4 is 0 Å². The monoisotopic (exact) mass is 118 g/mol. The molecule has 1 nitrogen and oxygen atoms in total. The van der Waals surface area contributed by atoms with E-state index in [0.29, 0.717) is 0 Å². The molecule has 0 aliphatic heterocycles. The Morgan fingerprint density at radius 1 is 1.12 bits per heavy atom. The van der Waals surface area contributed by atoms with Gasteiger partial charge in [-0.3, -0.25) is 0 Å². The Balaban J connectivity index is 0. The second kappa shape index (κ2) is 15.8. The number of rotatable bonds is 2. The molecule has 0 radical (unpaired) electrons. The molecule has 0 atom stereocenters. The molecule has 8 heavy (non-hydrogen) atoms. The van der Waals surface area contributed by atoms with Gasteiger partial charge in [-0.25, -0.2) is 0 Å². The van der Waals surface area contributed by atoms with E-state index in [1.165, 1.54) is 6.42 Å². The van der Waals surface area contributed by atoms with Crippen LogP contribution in [0.3, 0.4) is 0 Å². The molecule has 0 saturated carbocycles. The zero-order valence-electron chi connectivity index (χ0n) is 6.53. The maximum atomic E-state index is 4.69. The smallest absolute Gasteiger partial charge is 0.0459 e. The minimum Gasteiger partial charge on any atom is -0.385 e. The molecule has 0 aromatic heterocycles. The Bertz CT molecular complexity index is 18.3. The average Bonchev–Trinajstić information content (AvgIpc) is 1.71. The Hall–Kier alpha value is -0.0400. The van der Waals surface area contributed by atoms with Crippen LogP contribution in [0.1, 0.15) is 33.6 Å². The molecule has 0 aromatic rings. The van der Waals surface area contributed by atoms with E-state index >= 15 is 0 Å². The van der Waals surface area contributed by atoms with Crippen molar-refractivity contribution in [2.24, 2.45) is 0 Å². The van der Waals surface area contributed by atoms with Gasteiger partial charge in [0.1, 0.15) is 0 Å². The first-order valence-corrected chi connectivity index (χ1v) is 3.32. The number of hydrogen-bond acceptors (Lipinski definition) is 1. The van der Waals surface area contributed by atoms with Gasteiger partial charge in [0.25, 0.3) is 0 Å². The highest BCUT2D eigenvalue weighted by Gasteiger charge is 1.66. The minimum absolute atomic E-state index is 0.889. The summed E-state index contributed by atoms with van der Waals surface area (Å²) in [6, 6.07) is 0. The molecular weight excluding hydrogens is 100 g/mol. The highest BCUT2D eigenvalue weighted by Crippen LogP contribution is 1.70. The second-order valence-electron chi connectivity index (χ2n) is 1.70. The van der Waals surface area contributed by atoms with Crippen molar-refractivity contribution < 1.29 is 4.74 Å². The molecule has 0 heterocycles. The van der Waals surface area contributed by atoms with E-state index in [-0.39, 0.29) is 0 Å². The maximum absolute atomic E-state index is 4.69. The van der Waals surface area contributed by atoms with Gasteiger partial charge < -0.3 is 4.74 Å². The van der Waals surface area contributed by atoms with Gasteiger partial charge in [0.15, 0.2) is 0 Å². The van der Waals surface area contributed by atoms with E-state index in [2.05, 4.69) is 20.8 Å². The van der Waals surface area contributed by atoms with E-state index < -0.39 is 0 Å². The Morgan fingerprint density at radius 2 is 1.50 bits per heavy atom. The van der Waals surface area contributed by atoms with Gasteiger partial charge in [0, 0.05) is 13.7 Å². The molecule has 0 aliphatic carbocycles. The van der Waals surface area contributed by atoms with Gasteiger partial charge in [0.2, 0.25) is 0 Å². The highest BCUT2D eigenvalue weighted by atomic mass is 16.5. The van der Waals surface area contributed by atoms with Crippen LogP contribution in [0.4, 0.5) is 0 Å². The van der Waals surface area contributed by atoms with Gasteiger partial charge in [0.05, 0.1) is 0 Å². The summed E-state index contributed by atoms with van der Waals surface area (Å²) in [5.74, 6) is 0. The van der Waals surface area contributed by atoms with Crippen LogP contribution in [-0.2, 0) is 4.74 Å². The lowest BCUT2D eigenvalue weighted by molar-refractivity contribution is 0.199. The number of hydrogen-bond donors (Lipinski definition) is 0. The fourth-order valence-electron chi connectivity index (χ4n) is 0.204. The summed E-state index contributed by atoms with van der Waals surface area (Å²) in [6.45, 7) is 7.23. The number of ether oxygens (including phenoxy) is 1. The minimum atomic E-state index is 0.889. The molecule has 0 rings (SSSR count). The highest BCUT2D eigenvalue weighted by molar-refractivity contribution is 4.15. The topological polar surface area (TPSA) is 9.23 Å². The predicted octanol–water partition coefficient (Wildman–Crippen LogP) is 2.46. The Morgan fingerprint density at radius 3 is 1.50 bits per heavy atom. The first-order valence-electron chi connectivity index (χ1n) is 3.32. The molecule has 0 amide bonds. The summed E-state index contributed by atoms with van der Waals surface area (Å²) < 4.78 is 4.69. The average molecular weight is 118 g/mol. The van der Waals surface area contributed by atoms with Crippen molar-refractivity contribution in [1.29, 1.82) is 0 Å². The van der Waals surface area contributed by atoms with E-state index in [4.69, 9.17) is 4.74 Å². The van der Waals surface area contributed by atoms with Crippen LogP contribution in [-0.4, -0.2) is 13.7 Å². The van der Waals surface area contributed by atoms with Crippen LogP contribution in [0.15, 0.2) is 0 Å². The van der Waals surface area contributed by atoms with E-state index in [1.54, 1.807) is 7.11 Å². The Labute approximate surface area is 53.0 Å². The van der Waals surface area contributed by atoms with Gasteiger partial charge >= 0.3 is 0 Å². The summed E-state index contributed by atoms with van der Waals surface area (Å²) in [4.78, 5) is 0. The normalized spacial score (nSPS) is 7.50. The third-order valence-electron chi connectivity index (χ3n) is 0.408. The van der Waals surface area contributed by atoms with Crippen LogP contribution in [0.2, 0.25) is 0 Å². The summed E-state index contributed by atoms with van der Waals surface area (Å²) in [5, 5.41) is 0. The van der Waals surface area contributed by atoms with Gasteiger partial charge in [-0.15, -0.1) is 0 Å². The Kier molecular flexibility index (Phi) is 21.4. The maximum Gasteiger partial charge on any atom is 0.0459 e. The van der Waals surface area contributed by atoms with Crippen molar-refractivity contribution in [3.8, 4) is 0 Å². The van der Waals surface area contributed by atoms with Crippen molar-refractivity contribution in [2.75, 3.05) is 13.7 Å². The molecule has 1 heteroatoms. The van der Waals surface area contributed by atoms with E-state index in [1.807, 2.05) is 0 Å². The summed E-state index contributed by atoms with van der Waals surface area (Å²) >= 11 is 0. The van der Waals surface area contributed by atoms with Gasteiger partial charge in [-0.05, 0) is 6.42 Å². The van der Waals surface area contributed by atoms with Crippen molar-refractivity contribution in [3.05, 3.63) is 0 Å². The third-order valence-corrected chi connectivity index (χ3v) is 0.408. The quantitative estimate of drug-likeness (QED) is 0.541. The summed E-state index contributed by atoms with van der Waals surface area (Å²) in [5.41, 5.74) is 0. The lowest BCUT2D eigenvalue weighted by atomic mass is 10.5. The third kappa shape index (κ3) is 38.2. The molecular formula is C7H18O. The van der Waals surface area contributed by atoms with E-state index in [9.17, 15) is 0 Å². The molecule has 52 valence electrons. The molecule has 0 bridgehead atoms. The molecule has 0 unspecified atom stereocenters. The van der Waals surface area contributed by atoms with Crippen LogP contribution in [0.25, 0.3) is 0 Å². The first kappa shape index (κ1) is 10.9. The van der Waals surface area contributed by atoms with Crippen molar-refractivity contribution in [1.82, 2.24) is 0 Å². The molecule has 0 aliphatic rings. The van der Waals surface area contributed by atoms with Gasteiger partial charge in [-0.1, -0.05) is 27.2 Å². The molecule has 0 fully saturated rings. The lowest BCUT2D eigenvalue weighted by Crippen LogP contribution is -1.80. The van der Waals surface area contributed by atoms with E-state index in [0.717, 1.165) is 13.0 Å². The molecule has 0 aromatic carbocycles. The van der Waals surface area contributed by atoms with Crippen molar-refractivity contribution in [2.45, 2.75) is 33.6 Å². The predicted molar refractivity (Wildman–Crippen MR) is 38.1 cm³/mol. The zero-order valence-corrected chi connectivity index (χ0v) is 6.53. The van der Waals surface area contributed by atoms with Gasteiger partial charge in [-0.2, -0.15) is 0 Å². The molecule has 0 spiro atoms. The SMILES string of the molecule is CCC.CCCOC. The standard InChI is InChI=1S/C4H10O.C3H8/c1-3-4-5-2;1-3-2/h3-4H2,1-2H3;3H2,1-2H3. The number of methoxy groups -OCH3 is 1. The fourth-order valence-corrected chi connectivity index (χ4v) is 0.204. The van der Waals surface area contributed by atoms with Crippen molar-refractivity contribution in [3.63, 3.8) is 0 Å². The molecule has 0 saturated heterocycles. The summed E-state index contributed by atoms with van der Waals surface area (Å²) in [7, 11) is 1.71. The largest absolute Gasteiger partial charge is 0.385 e. The fraction of sp³-hybridized carbons (Fsp3) is 1.00. The lowest BCUT2D eigenvalue weighted by Gasteiger charge is -1.84. The van der Waals surface area contributed by atoms with Crippen LogP contribution in [0, 0.1) is 0 Å². The van der Waals surface area contributed by atoms with Crippen LogP contribution < -0.4 is 0 Å². The first-order chi connectivity index (χ1) is 3.83. The second-order valence-corrected chi connectivity index (χ2v) is 1.70. The zero-order chi connectivity index (χ0) is 6.83. The van der Waals surface area contributed by atoms with Crippen LogP contribution >= 0.6 is 0 Å².